The van der Waals surface area contributed by atoms with Crippen molar-refractivity contribution in [2.45, 2.75) is 26.2 Å². The van der Waals surface area contributed by atoms with Gasteiger partial charge in [0, 0.05) is 45.4 Å². The van der Waals surface area contributed by atoms with E-state index in [1.807, 2.05) is 16.8 Å². The van der Waals surface area contributed by atoms with Gasteiger partial charge in [-0.1, -0.05) is 0 Å². The normalized spacial score (nSPS) is 25.1. The van der Waals surface area contributed by atoms with Crippen LogP contribution in [0, 0.1) is 5.41 Å². The van der Waals surface area contributed by atoms with Crippen LogP contribution in [0.1, 0.15) is 26.2 Å². The molecule has 0 aliphatic carbocycles. The van der Waals surface area contributed by atoms with E-state index in [9.17, 15) is 9.59 Å². The van der Waals surface area contributed by atoms with Gasteiger partial charge in [-0.3, -0.25) is 9.59 Å². The highest BCUT2D eigenvalue weighted by molar-refractivity contribution is 5.79. The van der Waals surface area contributed by atoms with E-state index in [1.54, 1.807) is 6.92 Å². The number of amides is 2. The summed E-state index contributed by atoms with van der Waals surface area (Å²) in [4.78, 5) is 26.4. The van der Waals surface area contributed by atoms with Crippen molar-refractivity contribution in [1.29, 1.82) is 0 Å². The van der Waals surface area contributed by atoms with Gasteiger partial charge in [-0.2, -0.15) is 0 Å². The van der Waals surface area contributed by atoms with E-state index in [0.29, 0.717) is 6.42 Å². The number of nitrogens with zero attached hydrogens (tertiary/aromatic N) is 2. The van der Waals surface area contributed by atoms with E-state index in [0.717, 1.165) is 32.5 Å². The van der Waals surface area contributed by atoms with Gasteiger partial charge in [0.05, 0.1) is 0 Å². The van der Waals surface area contributed by atoms with Crippen molar-refractivity contribution in [2.24, 2.45) is 5.41 Å². The molecule has 0 saturated carbocycles. The molecule has 2 amide bonds. The number of likely N-dealkylation sites (tertiary alicyclic amines) is 2. The highest BCUT2D eigenvalue weighted by Crippen LogP contribution is 2.40. The molecule has 0 atom stereocenters. The third-order valence-electron chi connectivity index (χ3n) is 3.79. The molecular weight excluding hydrogens is 192 g/mol. The zero-order valence-corrected chi connectivity index (χ0v) is 9.45. The first-order chi connectivity index (χ1) is 7.02. The lowest BCUT2D eigenvalue weighted by Crippen LogP contribution is -2.43. The molecule has 0 aromatic rings. The molecule has 2 aliphatic heterocycles. The lowest BCUT2D eigenvalue weighted by Gasteiger charge is -2.38. The molecule has 2 fully saturated rings. The first-order valence-electron chi connectivity index (χ1n) is 5.52. The maximum Gasteiger partial charge on any atom is 0.222 e. The second-order valence-corrected chi connectivity index (χ2v) is 4.93. The van der Waals surface area contributed by atoms with Crippen LogP contribution >= 0.6 is 0 Å². The summed E-state index contributed by atoms with van der Waals surface area (Å²) in [5.74, 6) is 0.411. The lowest BCUT2D eigenvalue weighted by molar-refractivity contribution is -0.131. The van der Waals surface area contributed by atoms with Crippen molar-refractivity contribution in [3.8, 4) is 0 Å². The minimum absolute atomic E-state index is 0.155. The fraction of sp³-hybridized carbons (Fsp3) is 0.818. The third-order valence-corrected chi connectivity index (χ3v) is 3.79. The summed E-state index contributed by atoms with van der Waals surface area (Å²) < 4.78 is 0. The Morgan fingerprint density at radius 3 is 2.33 bits per heavy atom. The van der Waals surface area contributed by atoms with Crippen molar-refractivity contribution in [3.05, 3.63) is 0 Å². The predicted molar refractivity (Wildman–Crippen MR) is 56.2 cm³/mol. The summed E-state index contributed by atoms with van der Waals surface area (Å²) >= 11 is 0. The van der Waals surface area contributed by atoms with Crippen molar-refractivity contribution in [3.63, 3.8) is 0 Å². The van der Waals surface area contributed by atoms with E-state index in [-0.39, 0.29) is 17.2 Å². The maximum atomic E-state index is 11.5. The predicted octanol–water partition coefficient (Wildman–Crippen LogP) is 0.477. The van der Waals surface area contributed by atoms with Gasteiger partial charge >= 0.3 is 0 Å². The zero-order valence-electron chi connectivity index (χ0n) is 9.45. The zero-order chi connectivity index (χ0) is 11.1. The first kappa shape index (κ1) is 10.5. The molecule has 0 radical (unpaired) electrons. The first-order valence-corrected chi connectivity index (χ1v) is 5.52. The summed E-state index contributed by atoms with van der Waals surface area (Å²) in [7, 11) is 1.87. The minimum Gasteiger partial charge on any atom is -0.345 e. The molecule has 1 spiro atoms. The van der Waals surface area contributed by atoms with Crippen molar-refractivity contribution in [1.82, 2.24) is 9.80 Å². The molecule has 15 heavy (non-hydrogen) atoms. The highest BCUT2D eigenvalue weighted by Gasteiger charge is 2.43. The van der Waals surface area contributed by atoms with E-state index in [2.05, 4.69) is 0 Å². The van der Waals surface area contributed by atoms with E-state index >= 15 is 0 Å². The molecule has 4 nitrogen and oxygen atoms in total. The highest BCUT2D eigenvalue weighted by atomic mass is 16.2. The number of hydrogen-bond donors (Lipinski definition) is 0. The summed E-state index contributed by atoms with van der Waals surface area (Å²) in [5.41, 5.74) is 0.164. The Balaban J connectivity index is 1.99. The van der Waals surface area contributed by atoms with Gasteiger partial charge in [0.15, 0.2) is 0 Å². The van der Waals surface area contributed by atoms with Gasteiger partial charge in [0.1, 0.15) is 0 Å². The van der Waals surface area contributed by atoms with Gasteiger partial charge in [-0.15, -0.1) is 0 Å². The average molecular weight is 210 g/mol. The molecule has 2 aliphatic rings. The lowest BCUT2D eigenvalue weighted by atomic mass is 9.77. The molecule has 4 heteroatoms. The number of rotatable bonds is 0. The van der Waals surface area contributed by atoms with Crippen molar-refractivity contribution < 1.29 is 9.59 Å². The largest absolute Gasteiger partial charge is 0.345 e. The number of carbonyl (C=O) groups is 2. The van der Waals surface area contributed by atoms with Gasteiger partial charge < -0.3 is 9.80 Å². The SMILES string of the molecule is CC(=O)N1CCC2(CC1)CC(=O)N(C)C2. The maximum absolute atomic E-state index is 11.5. The second-order valence-electron chi connectivity index (χ2n) is 4.93. The van der Waals surface area contributed by atoms with Crippen LogP contribution in [0.5, 0.6) is 0 Å². The van der Waals surface area contributed by atoms with Crippen LogP contribution in [0.4, 0.5) is 0 Å². The molecule has 0 bridgehead atoms. The molecule has 2 rings (SSSR count). The molecular formula is C11H18N2O2. The topological polar surface area (TPSA) is 40.6 Å². The van der Waals surface area contributed by atoms with E-state index < -0.39 is 0 Å². The Morgan fingerprint density at radius 2 is 1.93 bits per heavy atom. The Morgan fingerprint density at radius 1 is 1.33 bits per heavy atom. The summed E-state index contributed by atoms with van der Waals surface area (Å²) in [6.07, 6.45) is 2.63. The molecule has 2 saturated heterocycles. The number of hydrogen-bond acceptors (Lipinski definition) is 2. The van der Waals surface area contributed by atoms with Crippen LogP contribution in [-0.2, 0) is 9.59 Å². The van der Waals surface area contributed by atoms with Crippen LogP contribution in [0.25, 0.3) is 0 Å². The fourth-order valence-corrected chi connectivity index (χ4v) is 2.73. The fourth-order valence-electron chi connectivity index (χ4n) is 2.73. The molecule has 0 unspecified atom stereocenters. The average Bonchev–Trinajstić information content (AvgIpc) is 2.43. The molecule has 2 heterocycles. The van der Waals surface area contributed by atoms with E-state index in [1.165, 1.54) is 0 Å². The van der Waals surface area contributed by atoms with Crippen LogP contribution in [0.3, 0.4) is 0 Å². The van der Waals surface area contributed by atoms with Crippen LogP contribution < -0.4 is 0 Å². The number of carbonyl (C=O) groups excluding carboxylic acids is 2. The second kappa shape index (κ2) is 3.51. The minimum atomic E-state index is 0.155. The summed E-state index contributed by atoms with van der Waals surface area (Å²) in [6, 6.07) is 0. The van der Waals surface area contributed by atoms with E-state index in [4.69, 9.17) is 0 Å². The van der Waals surface area contributed by atoms with Gasteiger partial charge in [0.25, 0.3) is 0 Å². The van der Waals surface area contributed by atoms with Crippen LogP contribution in [0.2, 0.25) is 0 Å². The van der Waals surface area contributed by atoms with Crippen LogP contribution in [0.15, 0.2) is 0 Å². The van der Waals surface area contributed by atoms with Gasteiger partial charge in [0.2, 0.25) is 11.8 Å². The Hall–Kier alpha value is -1.06. The monoisotopic (exact) mass is 210 g/mol. The quantitative estimate of drug-likeness (QED) is 0.583. The van der Waals surface area contributed by atoms with Crippen LogP contribution in [-0.4, -0.2) is 48.3 Å². The molecule has 0 aromatic carbocycles. The van der Waals surface area contributed by atoms with Crippen molar-refractivity contribution >= 4 is 11.8 Å². The Labute approximate surface area is 90.2 Å². The summed E-state index contributed by atoms with van der Waals surface area (Å²) in [5, 5.41) is 0. The molecule has 84 valence electrons. The number of piperidine rings is 1. The third kappa shape index (κ3) is 1.85. The molecule has 0 aromatic heterocycles. The van der Waals surface area contributed by atoms with Gasteiger partial charge in [-0.25, -0.2) is 0 Å². The van der Waals surface area contributed by atoms with Gasteiger partial charge in [-0.05, 0) is 12.8 Å². The Kier molecular flexibility index (Phi) is 2.44. The Bertz CT molecular complexity index is 293. The smallest absolute Gasteiger partial charge is 0.222 e. The molecule has 0 N–H and O–H groups in total. The van der Waals surface area contributed by atoms with Crippen molar-refractivity contribution in [2.75, 3.05) is 26.7 Å². The standard InChI is InChI=1S/C11H18N2O2/c1-9(14)13-5-3-11(4-6-13)7-10(15)12(2)8-11/h3-8H2,1-2H3. The summed E-state index contributed by atoms with van der Waals surface area (Å²) in [6.45, 7) is 4.12.